The Bertz CT molecular complexity index is 889. The van der Waals surface area contributed by atoms with Crippen LogP contribution in [-0.4, -0.2) is 95.7 Å². The van der Waals surface area contributed by atoms with Crippen LogP contribution in [-0.2, 0) is 9.59 Å². The number of piperidine rings is 2. The molecule has 0 bridgehead atoms. The van der Waals surface area contributed by atoms with Crippen molar-refractivity contribution in [2.75, 3.05) is 52.4 Å². The first kappa shape index (κ1) is 24.7. The van der Waals surface area contributed by atoms with Crippen molar-refractivity contribution in [2.45, 2.75) is 58.9 Å². The van der Waals surface area contributed by atoms with E-state index in [2.05, 4.69) is 17.9 Å². The van der Waals surface area contributed by atoms with E-state index in [0.717, 1.165) is 56.4 Å². The molecule has 7 nitrogen and oxygen atoms in total. The van der Waals surface area contributed by atoms with Gasteiger partial charge >= 0.3 is 0 Å². The van der Waals surface area contributed by atoms with Crippen LogP contribution in [0.4, 0.5) is 0 Å². The number of hydrogen-bond donors (Lipinski definition) is 0. The van der Waals surface area contributed by atoms with E-state index in [4.69, 9.17) is 0 Å². The molecular formula is C27H40N4O3. The van der Waals surface area contributed by atoms with Crippen molar-refractivity contribution >= 4 is 17.7 Å². The van der Waals surface area contributed by atoms with E-state index in [1.54, 1.807) is 0 Å². The Morgan fingerprint density at radius 2 is 1.53 bits per heavy atom. The van der Waals surface area contributed by atoms with E-state index >= 15 is 0 Å². The van der Waals surface area contributed by atoms with Gasteiger partial charge in [0.05, 0.1) is 12.5 Å². The van der Waals surface area contributed by atoms with Gasteiger partial charge in [-0.05, 0) is 65.0 Å². The molecule has 3 fully saturated rings. The summed E-state index contributed by atoms with van der Waals surface area (Å²) >= 11 is 0. The Labute approximate surface area is 204 Å². The van der Waals surface area contributed by atoms with Crippen molar-refractivity contribution in [1.82, 2.24) is 19.6 Å². The second kappa shape index (κ2) is 10.9. The Morgan fingerprint density at radius 3 is 2.21 bits per heavy atom. The van der Waals surface area contributed by atoms with Crippen LogP contribution in [0.2, 0.25) is 0 Å². The highest BCUT2D eigenvalue weighted by atomic mass is 16.2. The minimum Gasteiger partial charge on any atom is -0.340 e. The van der Waals surface area contributed by atoms with Gasteiger partial charge in [-0.25, -0.2) is 0 Å². The molecule has 0 aromatic heterocycles. The quantitative estimate of drug-likeness (QED) is 0.682. The summed E-state index contributed by atoms with van der Waals surface area (Å²) in [6.45, 7) is 11.5. The summed E-state index contributed by atoms with van der Waals surface area (Å²) in [6.07, 6.45) is 5.10. The van der Waals surface area contributed by atoms with E-state index in [1.807, 2.05) is 40.7 Å². The zero-order chi connectivity index (χ0) is 24.2. The third-order valence-corrected chi connectivity index (χ3v) is 7.69. The first-order chi connectivity index (χ1) is 16.3. The average Bonchev–Trinajstić information content (AvgIpc) is 2.83. The normalized spacial score (nSPS) is 24.3. The first-order valence-corrected chi connectivity index (χ1v) is 13.0. The Morgan fingerprint density at radius 1 is 0.824 bits per heavy atom. The molecule has 4 rings (SSSR count). The molecule has 3 heterocycles. The highest BCUT2D eigenvalue weighted by Gasteiger charge is 2.33. The van der Waals surface area contributed by atoms with Crippen LogP contribution in [0.25, 0.3) is 0 Å². The summed E-state index contributed by atoms with van der Waals surface area (Å²) in [7, 11) is 0. The minimum absolute atomic E-state index is 0.0274. The van der Waals surface area contributed by atoms with Gasteiger partial charge in [-0.15, -0.1) is 0 Å². The number of piperazine rings is 1. The van der Waals surface area contributed by atoms with Gasteiger partial charge in [0.25, 0.3) is 5.91 Å². The molecule has 1 aromatic carbocycles. The van der Waals surface area contributed by atoms with Crippen molar-refractivity contribution in [3.63, 3.8) is 0 Å². The molecule has 34 heavy (non-hydrogen) atoms. The molecule has 0 spiro atoms. The molecule has 7 heteroatoms. The van der Waals surface area contributed by atoms with Crippen molar-refractivity contribution in [2.24, 2.45) is 5.92 Å². The van der Waals surface area contributed by atoms with Crippen LogP contribution in [0.15, 0.2) is 18.2 Å². The van der Waals surface area contributed by atoms with Crippen molar-refractivity contribution in [1.29, 1.82) is 0 Å². The SMILES string of the molecule is Cc1cc(C)cc(C(=O)N2CCCC(C(=O)N3CCN(CC(=O)N4CCCCC4C)CC3)C2)c1. The summed E-state index contributed by atoms with van der Waals surface area (Å²) < 4.78 is 0. The third-order valence-electron chi connectivity index (χ3n) is 7.69. The van der Waals surface area contributed by atoms with Gasteiger partial charge in [-0.1, -0.05) is 17.2 Å². The van der Waals surface area contributed by atoms with E-state index in [-0.39, 0.29) is 23.6 Å². The average molecular weight is 469 g/mol. The summed E-state index contributed by atoms with van der Waals surface area (Å²) in [5, 5.41) is 0. The van der Waals surface area contributed by atoms with Crippen LogP contribution in [0.1, 0.15) is 60.5 Å². The van der Waals surface area contributed by atoms with Crippen molar-refractivity contribution in [3.05, 3.63) is 34.9 Å². The molecular weight excluding hydrogens is 428 g/mol. The lowest BCUT2D eigenvalue weighted by atomic mass is 9.95. The summed E-state index contributed by atoms with van der Waals surface area (Å²) in [4.78, 5) is 47.2. The van der Waals surface area contributed by atoms with Crippen LogP contribution in [0.5, 0.6) is 0 Å². The van der Waals surface area contributed by atoms with E-state index < -0.39 is 0 Å². The van der Waals surface area contributed by atoms with Gasteiger partial charge in [0, 0.05) is 57.4 Å². The van der Waals surface area contributed by atoms with Gasteiger partial charge < -0.3 is 14.7 Å². The molecule has 2 unspecified atom stereocenters. The van der Waals surface area contributed by atoms with E-state index in [1.165, 1.54) is 6.42 Å². The maximum absolute atomic E-state index is 13.3. The lowest BCUT2D eigenvalue weighted by Gasteiger charge is -2.40. The first-order valence-electron chi connectivity index (χ1n) is 13.0. The number of amides is 3. The highest BCUT2D eigenvalue weighted by Crippen LogP contribution is 2.23. The largest absolute Gasteiger partial charge is 0.340 e. The smallest absolute Gasteiger partial charge is 0.253 e. The topological polar surface area (TPSA) is 64.2 Å². The predicted octanol–water partition coefficient (Wildman–Crippen LogP) is 2.70. The van der Waals surface area contributed by atoms with Gasteiger partial charge in [-0.3, -0.25) is 19.3 Å². The molecule has 0 aliphatic carbocycles. The Hall–Kier alpha value is -2.41. The van der Waals surface area contributed by atoms with Gasteiger partial charge in [0.15, 0.2) is 0 Å². The highest BCUT2D eigenvalue weighted by molar-refractivity contribution is 5.95. The maximum Gasteiger partial charge on any atom is 0.253 e. The van der Waals surface area contributed by atoms with Crippen LogP contribution in [0.3, 0.4) is 0 Å². The Balaban J connectivity index is 1.28. The van der Waals surface area contributed by atoms with Crippen LogP contribution in [0, 0.1) is 19.8 Å². The molecule has 0 N–H and O–H groups in total. The van der Waals surface area contributed by atoms with E-state index in [0.29, 0.717) is 44.3 Å². The lowest BCUT2D eigenvalue weighted by molar-refractivity contribution is -0.140. The van der Waals surface area contributed by atoms with Gasteiger partial charge in [-0.2, -0.15) is 0 Å². The number of rotatable bonds is 4. The summed E-state index contributed by atoms with van der Waals surface area (Å²) in [5.74, 6) is 0.277. The molecule has 3 amide bonds. The number of likely N-dealkylation sites (tertiary alicyclic amines) is 2. The molecule has 2 atom stereocenters. The number of nitrogens with zero attached hydrogens (tertiary/aromatic N) is 4. The van der Waals surface area contributed by atoms with E-state index in [9.17, 15) is 14.4 Å². The molecule has 0 saturated carbocycles. The molecule has 3 aliphatic rings. The summed E-state index contributed by atoms with van der Waals surface area (Å²) in [5.41, 5.74) is 2.88. The number of carbonyl (C=O) groups excluding carboxylic acids is 3. The second-order valence-electron chi connectivity index (χ2n) is 10.5. The van der Waals surface area contributed by atoms with Crippen molar-refractivity contribution in [3.8, 4) is 0 Å². The van der Waals surface area contributed by atoms with Gasteiger partial charge in [0.1, 0.15) is 0 Å². The van der Waals surface area contributed by atoms with Gasteiger partial charge in [0.2, 0.25) is 11.8 Å². The standard InChI is InChI=1S/C27H40N4O3/c1-20-15-21(2)17-24(16-20)27(34)30-9-6-8-23(18-30)26(33)29-13-11-28(12-14-29)19-25(32)31-10-5-4-7-22(31)3/h15-17,22-23H,4-14,18-19H2,1-3H3. The summed E-state index contributed by atoms with van der Waals surface area (Å²) in [6, 6.07) is 6.28. The molecule has 0 radical (unpaired) electrons. The second-order valence-corrected chi connectivity index (χ2v) is 10.5. The molecule has 3 saturated heterocycles. The zero-order valence-electron chi connectivity index (χ0n) is 21.1. The number of hydrogen-bond acceptors (Lipinski definition) is 4. The lowest BCUT2D eigenvalue weighted by Crippen LogP contribution is -2.55. The minimum atomic E-state index is -0.133. The number of carbonyl (C=O) groups is 3. The number of benzene rings is 1. The maximum atomic E-state index is 13.3. The molecule has 3 aliphatic heterocycles. The third kappa shape index (κ3) is 5.80. The molecule has 186 valence electrons. The fraction of sp³-hybridized carbons (Fsp3) is 0.667. The molecule has 1 aromatic rings. The zero-order valence-corrected chi connectivity index (χ0v) is 21.1. The fourth-order valence-electron chi connectivity index (χ4n) is 5.78. The fourth-order valence-corrected chi connectivity index (χ4v) is 5.78. The van der Waals surface area contributed by atoms with Crippen LogP contribution < -0.4 is 0 Å². The monoisotopic (exact) mass is 468 g/mol. The van der Waals surface area contributed by atoms with Crippen LogP contribution >= 0.6 is 0 Å². The Kier molecular flexibility index (Phi) is 7.91. The predicted molar refractivity (Wildman–Crippen MR) is 133 cm³/mol. The van der Waals surface area contributed by atoms with Crippen molar-refractivity contribution < 1.29 is 14.4 Å². The number of aryl methyl sites for hydroxylation is 2.